The maximum Gasteiger partial charge on any atom is 0.264 e. The Balaban J connectivity index is 1.29. The van der Waals surface area contributed by atoms with E-state index in [9.17, 15) is 29.4 Å². The van der Waals surface area contributed by atoms with Gasteiger partial charge in [0, 0.05) is 61.8 Å². The van der Waals surface area contributed by atoms with Crippen molar-refractivity contribution < 1.29 is 29.4 Å². The normalized spacial score (nSPS) is 24.3. The first-order valence-electron chi connectivity index (χ1n) is 16.7. The number of carbonyl (C=O) groups excluding carboxylic acids is 4. The highest BCUT2D eigenvalue weighted by atomic mass is 16.3. The van der Waals surface area contributed by atoms with Crippen LogP contribution < -0.4 is 14.7 Å². The van der Waals surface area contributed by atoms with Crippen molar-refractivity contribution >= 4 is 40.7 Å². The molecule has 3 saturated heterocycles. The SMILES string of the molecule is C[C@H](/C=C/CC(=O)N1CCC[C@H]1CO)[C@@]1(O)C(=O)N(Cc2cccc(N3CCCCC3=O)c2)c2ccc(N3CCCCC3=O)cc21. The molecule has 2 N–H and O–H groups in total. The molecular formula is C36H44N4O6. The van der Waals surface area contributed by atoms with Crippen molar-refractivity contribution in [1.82, 2.24) is 4.90 Å². The van der Waals surface area contributed by atoms with Crippen LogP contribution in [0.1, 0.15) is 75.8 Å². The van der Waals surface area contributed by atoms with Gasteiger partial charge in [0.1, 0.15) is 0 Å². The number of amides is 4. The van der Waals surface area contributed by atoms with Gasteiger partial charge in [-0.15, -0.1) is 0 Å². The Morgan fingerprint density at radius 1 is 0.935 bits per heavy atom. The number of benzene rings is 2. The van der Waals surface area contributed by atoms with Gasteiger partial charge in [-0.1, -0.05) is 31.2 Å². The molecule has 0 spiro atoms. The number of aliphatic hydroxyl groups is 2. The van der Waals surface area contributed by atoms with E-state index in [0.717, 1.165) is 49.8 Å². The predicted molar refractivity (Wildman–Crippen MR) is 175 cm³/mol. The number of hydrogen-bond acceptors (Lipinski definition) is 6. The van der Waals surface area contributed by atoms with Gasteiger partial charge in [0.15, 0.2) is 5.60 Å². The third kappa shape index (κ3) is 5.96. The van der Waals surface area contributed by atoms with E-state index in [1.807, 2.05) is 36.4 Å². The van der Waals surface area contributed by atoms with Gasteiger partial charge in [-0.25, -0.2) is 0 Å². The van der Waals surface area contributed by atoms with Crippen molar-refractivity contribution in [3.05, 3.63) is 65.7 Å². The summed E-state index contributed by atoms with van der Waals surface area (Å²) in [5.74, 6) is -1.14. The zero-order valence-electron chi connectivity index (χ0n) is 26.6. The second-order valence-electron chi connectivity index (χ2n) is 13.0. The predicted octanol–water partition coefficient (Wildman–Crippen LogP) is 4.02. The maximum atomic E-state index is 14.3. The van der Waals surface area contributed by atoms with Crippen LogP contribution in [0, 0.1) is 5.92 Å². The molecule has 4 aliphatic rings. The van der Waals surface area contributed by atoms with E-state index < -0.39 is 17.4 Å². The van der Waals surface area contributed by atoms with Gasteiger partial charge in [-0.2, -0.15) is 0 Å². The number of rotatable bonds is 9. The summed E-state index contributed by atoms with van der Waals surface area (Å²) < 4.78 is 0. The van der Waals surface area contributed by atoms with Gasteiger partial charge >= 0.3 is 0 Å². The van der Waals surface area contributed by atoms with Gasteiger partial charge < -0.3 is 29.8 Å². The highest BCUT2D eigenvalue weighted by molar-refractivity contribution is 6.08. The molecule has 2 aromatic carbocycles. The fourth-order valence-electron chi connectivity index (χ4n) is 7.41. The van der Waals surface area contributed by atoms with Crippen molar-refractivity contribution in [3.8, 4) is 0 Å². The number of nitrogens with zero attached hydrogens (tertiary/aromatic N) is 4. The molecule has 0 radical (unpaired) electrons. The van der Waals surface area contributed by atoms with Crippen molar-refractivity contribution in [2.24, 2.45) is 5.92 Å². The Kier molecular flexibility index (Phi) is 9.29. The minimum absolute atomic E-state index is 0.0227. The molecule has 0 unspecified atom stereocenters. The molecule has 0 aliphatic carbocycles. The minimum atomic E-state index is -1.93. The summed E-state index contributed by atoms with van der Waals surface area (Å²) in [5.41, 5.74) is 1.35. The van der Waals surface area contributed by atoms with Crippen molar-refractivity contribution in [3.63, 3.8) is 0 Å². The zero-order valence-corrected chi connectivity index (χ0v) is 26.6. The van der Waals surface area contributed by atoms with Crippen LogP contribution in [-0.4, -0.2) is 71.0 Å². The van der Waals surface area contributed by atoms with Gasteiger partial charge in [-0.05, 0) is 74.4 Å². The number of likely N-dealkylation sites (tertiary alicyclic amines) is 1. The van der Waals surface area contributed by atoms with E-state index in [1.54, 1.807) is 44.7 Å². The molecule has 3 fully saturated rings. The van der Waals surface area contributed by atoms with Crippen molar-refractivity contribution in [1.29, 1.82) is 0 Å². The smallest absolute Gasteiger partial charge is 0.264 e. The molecule has 0 bridgehead atoms. The van der Waals surface area contributed by atoms with E-state index in [0.29, 0.717) is 49.4 Å². The molecular weight excluding hydrogens is 584 g/mol. The Morgan fingerprint density at radius 3 is 2.30 bits per heavy atom. The summed E-state index contributed by atoms with van der Waals surface area (Å²) in [6.45, 7) is 3.75. The van der Waals surface area contributed by atoms with E-state index in [-0.39, 0.29) is 43.3 Å². The maximum absolute atomic E-state index is 14.3. The molecule has 0 saturated carbocycles. The lowest BCUT2D eigenvalue weighted by Gasteiger charge is -2.30. The lowest BCUT2D eigenvalue weighted by atomic mass is 9.82. The molecule has 2 aromatic rings. The lowest BCUT2D eigenvalue weighted by molar-refractivity contribution is -0.139. The van der Waals surface area contributed by atoms with Crippen molar-refractivity contribution in [2.45, 2.75) is 82.9 Å². The summed E-state index contributed by atoms with van der Waals surface area (Å²) in [5, 5.41) is 22.0. The fraction of sp³-hybridized carbons (Fsp3) is 0.500. The molecule has 6 rings (SSSR count). The number of carbonyl (C=O) groups is 4. The van der Waals surface area contributed by atoms with E-state index in [1.165, 1.54) is 0 Å². The van der Waals surface area contributed by atoms with Gasteiger partial charge in [0.2, 0.25) is 17.7 Å². The number of hydrogen-bond donors (Lipinski definition) is 2. The Bertz CT molecular complexity index is 1540. The molecule has 3 atom stereocenters. The molecule has 4 amide bonds. The Labute approximate surface area is 270 Å². The lowest BCUT2D eigenvalue weighted by Crippen LogP contribution is -2.44. The minimum Gasteiger partial charge on any atom is -0.394 e. The summed E-state index contributed by atoms with van der Waals surface area (Å²) in [6, 6.07) is 12.9. The molecule has 4 heterocycles. The summed E-state index contributed by atoms with van der Waals surface area (Å²) in [6.07, 6.45) is 9.70. The highest BCUT2D eigenvalue weighted by Crippen LogP contribution is 2.47. The van der Waals surface area contributed by atoms with Gasteiger partial charge in [-0.3, -0.25) is 19.2 Å². The van der Waals surface area contributed by atoms with Crippen LogP contribution in [0.5, 0.6) is 0 Å². The monoisotopic (exact) mass is 628 g/mol. The van der Waals surface area contributed by atoms with Crippen LogP contribution in [0.3, 0.4) is 0 Å². The average molecular weight is 629 g/mol. The topological polar surface area (TPSA) is 122 Å². The second-order valence-corrected chi connectivity index (χ2v) is 13.0. The highest BCUT2D eigenvalue weighted by Gasteiger charge is 2.53. The fourth-order valence-corrected chi connectivity index (χ4v) is 7.41. The second kappa shape index (κ2) is 13.4. The Morgan fingerprint density at radius 2 is 1.63 bits per heavy atom. The first kappa shape index (κ1) is 31.9. The first-order valence-corrected chi connectivity index (χ1v) is 16.7. The van der Waals surface area contributed by atoms with Crippen LogP contribution in [-0.2, 0) is 31.3 Å². The molecule has 46 heavy (non-hydrogen) atoms. The summed E-state index contributed by atoms with van der Waals surface area (Å²) in [4.78, 5) is 59.4. The first-order chi connectivity index (χ1) is 22.2. The molecule has 4 aliphatic heterocycles. The number of fused-ring (bicyclic) bond motifs is 1. The van der Waals surface area contributed by atoms with Crippen LogP contribution in [0.15, 0.2) is 54.6 Å². The molecule has 10 nitrogen and oxygen atoms in total. The van der Waals surface area contributed by atoms with E-state index in [2.05, 4.69) is 0 Å². The van der Waals surface area contributed by atoms with E-state index in [4.69, 9.17) is 0 Å². The van der Waals surface area contributed by atoms with Crippen LogP contribution in [0.2, 0.25) is 0 Å². The zero-order chi connectivity index (χ0) is 32.4. The van der Waals surface area contributed by atoms with Crippen LogP contribution in [0.25, 0.3) is 0 Å². The largest absolute Gasteiger partial charge is 0.394 e. The Hall–Kier alpha value is -4.02. The number of aliphatic hydroxyl groups excluding tert-OH is 1. The summed E-state index contributed by atoms with van der Waals surface area (Å²) in [7, 11) is 0. The molecule has 0 aromatic heterocycles. The van der Waals surface area contributed by atoms with Gasteiger partial charge in [0.05, 0.1) is 24.9 Å². The van der Waals surface area contributed by atoms with Crippen LogP contribution >= 0.6 is 0 Å². The number of anilines is 3. The number of piperidine rings is 2. The third-order valence-electron chi connectivity index (χ3n) is 10.1. The summed E-state index contributed by atoms with van der Waals surface area (Å²) >= 11 is 0. The van der Waals surface area contributed by atoms with Crippen LogP contribution in [0.4, 0.5) is 17.1 Å². The van der Waals surface area contributed by atoms with Crippen molar-refractivity contribution in [2.75, 3.05) is 40.9 Å². The molecule has 10 heteroatoms. The molecule has 244 valence electrons. The standard InChI is InChI=1S/C36H44N4O6/c1-25(9-6-15-34(44)39-20-8-12-29(39)24-41)36(46)30-22-28(38-19-5-3-14-33(38)43)16-17-31(30)40(35(36)45)23-26-10-7-11-27(21-26)37-18-4-2-13-32(37)42/h6-7,9-11,16-17,21-22,25,29,41,46H,2-5,8,12-15,18-20,23-24H2,1H3/b9-6+/t25-,29+,36+/m1/s1. The van der Waals surface area contributed by atoms with Gasteiger partial charge in [0.25, 0.3) is 5.91 Å². The van der Waals surface area contributed by atoms with E-state index >= 15 is 0 Å². The third-order valence-corrected chi connectivity index (χ3v) is 10.1. The average Bonchev–Trinajstić information content (AvgIpc) is 3.63. The quantitative estimate of drug-likeness (QED) is 0.405.